The summed E-state index contributed by atoms with van der Waals surface area (Å²) in [5.74, 6) is -0.255. The Labute approximate surface area is 165 Å². The Morgan fingerprint density at radius 1 is 1.11 bits per heavy atom. The first kappa shape index (κ1) is 20.1. The number of carbonyl (C=O) groups is 1. The minimum absolute atomic E-state index is 0.0421. The molecule has 0 aliphatic carbocycles. The molecule has 28 heavy (non-hydrogen) atoms. The van der Waals surface area contributed by atoms with E-state index in [1.807, 2.05) is 38.1 Å². The lowest BCUT2D eigenvalue weighted by Gasteiger charge is -2.10. The maximum absolute atomic E-state index is 12.8. The van der Waals surface area contributed by atoms with Crippen LogP contribution >= 0.6 is 11.3 Å². The number of carbonyl (C=O) groups excluding carboxylic acids is 1. The van der Waals surface area contributed by atoms with Gasteiger partial charge in [0.2, 0.25) is 5.91 Å². The van der Waals surface area contributed by atoms with E-state index in [0.29, 0.717) is 5.56 Å². The number of halogens is 3. The molecule has 0 aliphatic heterocycles. The zero-order valence-corrected chi connectivity index (χ0v) is 16.2. The molecule has 0 saturated heterocycles. The van der Waals surface area contributed by atoms with Gasteiger partial charge in [0, 0.05) is 17.0 Å². The Morgan fingerprint density at radius 2 is 1.82 bits per heavy atom. The predicted molar refractivity (Wildman–Crippen MR) is 104 cm³/mol. The molecule has 0 saturated carbocycles. The first-order chi connectivity index (χ1) is 13.2. The van der Waals surface area contributed by atoms with Gasteiger partial charge in [0.15, 0.2) is 0 Å². The van der Waals surface area contributed by atoms with Gasteiger partial charge < -0.3 is 5.32 Å². The number of nitrogens with one attached hydrogen (secondary N) is 1. The first-order valence-corrected chi connectivity index (χ1v) is 9.50. The molecule has 0 unspecified atom stereocenters. The fourth-order valence-corrected chi connectivity index (χ4v) is 3.75. The third-order valence-electron chi connectivity index (χ3n) is 4.19. The quantitative estimate of drug-likeness (QED) is 0.627. The highest BCUT2D eigenvalue weighted by Gasteiger charge is 2.30. The van der Waals surface area contributed by atoms with Crippen molar-refractivity contribution in [1.82, 2.24) is 10.3 Å². The van der Waals surface area contributed by atoms with E-state index in [-0.39, 0.29) is 18.9 Å². The second kappa shape index (κ2) is 8.14. The van der Waals surface area contributed by atoms with Gasteiger partial charge in [0.05, 0.1) is 22.7 Å². The topological polar surface area (TPSA) is 42.0 Å². The molecule has 0 atom stereocenters. The average molecular weight is 404 g/mol. The molecule has 0 radical (unpaired) electrons. The summed E-state index contributed by atoms with van der Waals surface area (Å²) in [4.78, 5) is 17.7. The van der Waals surface area contributed by atoms with Crippen molar-refractivity contribution in [3.8, 4) is 11.3 Å². The fourth-order valence-electron chi connectivity index (χ4n) is 2.79. The van der Waals surface area contributed by atoms with E-state index in [9.17, 15) is 18.0 Å². The molecule has 0 spiro atoms. The van der Waals surface area contributed by atoms with Gasteiger partial charge in [-0.3, -0.25) is 4.79 Å². The second-order valence-electron chi connectivity index (χ2n) is 6.52. The van der Waals surface area contributed by atoms with Crippen molar-refractivity contribution in [1.29, 1.82) is 0 Å². The monoisotopic (exact) mass is 404 g/mol. The van der Waals surface area contributed by atoms with E-state index in [1.165, 1.54) is 17.4 Å². The minimum atomic E-state index is -4.40. The molecule has 1 amide bonds. The number of thiazole rings is 1. The molecule has 146 valence electrons. The van der Waals surface area contributed by atoms with Gasteiger partial charge in [-0.25, -0.2) is 4.98 Å². The summed E-state index contributed by atoms with van der Waals surface area (Å²) in [6, 6.07) is 12.9. The molecule has 0 aliphatic rings. The maximum atomic E-state index is 12.8. The summed E-state index contributed by atoms with van der Waals surface area (Å²) >= 11 is 1.45. The van der Waals surface area contributed by atoms with Gasteiger partial charge in [-0.05, 0) is 31.5 Å². The number of aryl methyl sites for hydroxylation is 2. The number of rotatable bonds is 5. The van der Waals surface area contributed by atoms with Crippen LogP contribution in [0.2, 0.25) is 0 Å². The lowest BCUT2D eigenvalue weighted by molar-refractivity contribution is -0.137. The number of alkyl halides is 3. The molecule has 3 rings (SSSR count). The van der Waals surface area contributed by atoms with Crippen molar-refractivity contribution in [2.24, 2.45) is 0 Å². The van der Waals surface area contributed by atoms with Gasteiger partial charge in [0.1, 0.15) is 0 Å². The summed E-state index contributed by atoms with van der Waals surface area (Å²) in [5.41, 5.74) is 2.53. The molecule has 3 aromatic rings. The standard InChI is InChI=1S/C21H19F3N2OS/c1-13-6-8-16(9-7-13)20-18(28-14(2)26-20)11-19(27)25-12-15-4-3-5-17(10-15)21(22,23)24/h3-10H,11-12H2,1-2H3,(H,25,27). The van der Waals surface area contributed by atoms with Crippen molar-refractivity contribution in [3.63, 3.8) is 0 Å². The molecular formula is C21H19F3N2OS. The number of hydrogen-bond donors (Lipinski definition) is 1. The Bertz CT molecular complexity index is 978. The highest BCUT2D eigenvalue weighted by atomic mass is 32.1. The Kier molecular flexibility index (Phi) is 5.84. The molecule has 0 bridgehead atoms. The van der Waals surface area contributed by atoms with Crippen LogP contribution in [-0.4, -0.2) is 10.9 Å². The number of amides is 1. The number of aromatic nitrogens is 1. The van der Waals surface area contributed by atoms with Gasteiger partial charge >= 0.3 is 6.18 Å². The second-order valence-corrected chi connectivity index (χ2v) is 7.81. The van der Waals surface area contributed by atoms with E-state index in [0.717, 1.165) is 38.8 Å². The van der Waals surface area contributed by atoms with Gasteiger partial charge in [-0.2, -0.15) is 13.2 Å². The van der Waals surface area contributed by atoms with E-state index < -0.39 is 11.7 Å². The molecule has 0 fully saturated rings. The van der Waals surface area contributed by atoms with Crippen LogP contribution in [-0.2, 0) is 23.9 Å². The summed E-state index contributed by atoms with van der Waals surface area (Å²) in [6.07, 6.45) is -4.27. The van der Waals surface area contributed by atoms with E-state index in [1.54, 1.807) is 6.07 Å². The van der Waals surface area contributed by atoms with E-state index >= 15 is 0 Å². The lowest BCUT2D eigenvalue weighted by atomic mass is 10.1. The fraction of sp³-hybridized carbons (Fsp3) is 0.238. The normalized spacial score (nSPS) is 11.5. The van der Waals surface area contributed by atoms with E-state index in [2.05, 4.69) is 10.3 Å². The SMILES string of the molecule is Cc1ccc(-c2nc(C)sc2CC(=O)NCc2cccc(C(F)(F)F)c2)cc1. The van der Waals surface area contributed by atoms with Crippen LogP contribution in [0.1, 0.15) is 26.6 Å². The summed E-state index contributed by atoms with van der Waals surface area (Å²) in [6.45, 7) is 3.92. The number of nitrogens with zero attached hydrogens (tertiary/aromatic N) is 1. The predicted octanol–water partition coefficient (Wildman–Crippen LogP) is 5.30. The molecule has 1 N–H and O–H groups in total. The smallest absolute Gasteiger partial charge is 0.352 e. The molecular weight excluding hydrogens is 385 g/mol. The average Bonchev–Trinajstić information content (AvgIpc) is 3.00. The molecule has 2 aromatic carbocycles. The first-order valence-electron chi connectivity index (χ1n) is 8.68. The molecule has 3 nitrogen and oxygen atoms in total. The Morgan fingerprint density at radius 3 is 2.50 bits per heavy atom. The van der Waals surface area contributed by atoms with Crippen molar-refractivity contribution in [2.45, 2.75) is 33.0 Å². The van der Waals surface area contributed by atoms with Crippen molar-refractivity contribution >= 4 is 17.2 Å². The third kappa shape index (κ3) is 4.98. The van der Waals surface area contributed by atoms with Crippen LogP contribution in [0, 0.1) is 13.8 Å². The summed E-state index contributed by atoms with van der Waals surface area (Å²) in [7, 11) is 0. The molecule has 1 aromatic heterocycles. The highest BCUT2D eigenvalue weighted by molar-refractivity contribution is 7.12. The zero-order chi connectivity index (χ0) is 20.3. The van der Waals surface area contributed by atoms with Crippen LogP contribution in [0.25, 0.3) is 11.3 Å². The number of benzene rings is 2. The van der Waals surface area contributed by atoms with Crippen LogP contribution in [0.15, 0.2) is 48.5 Å². The molecule has 7 heteroatoms. The van der Waals surface area contributed by atoms with Crippen molar-refractivity contribution in [2.75, 3.05) is 0 Å². The minimum Gasteiger partial charge on any atom is -0.352 e. The lowest BCUT2D eigenvalue weighted by Crippen LogP contribution is -2.24. The van der Waals surface area contributed by atoms with Crippen LogP contribution in [0.4, 0.5) is 13.2 Å². The number of hydrogen-bond acceptors (Lipinski definition) is 3. The third-order valence-corrected chi connectivity index (χ3v) is 5.17. The van der Waals surface area contributed by atoms with Crippen LogP contribution < -0.4 is 5.32 Å². The highest BCUT2D eigenvalue weighted by Crippen LogP contribution is 2.30. The summed E-state index contributed by atoms with van der Waals surface area (Å²) < 4.78 is 38.4. The Balaban J connectivity index is 1.68. The molecule has 1 heterocycles. The van der Waals surface area contributed by atoms with Crippen molar-refractivity contribution < 1.29 is 18.0 Å². The van der Waals surface area contributed by atoms with Gasteiger partial charge in [0.25, 0.3) is 0 Å². The van der Waals surface area contributed by atoms with Gasteiger partial charge in [-0.15, -0.1) is 11.3 Å². The van der Waals surface area contributed by atoms with Crippen LogP contribution in [0.3, 0.4) is 0 Å². The van der Waals surface area contributed by atoms with Crippen molar-refractivity contribution in [3.05, 3.63) is 75.1 Å². The largest absolute Gasteiger partial charge is 0.416 e. The summed E-state index contributed by atoms with van der Waals surface area (Å²) in [5, 5.41) is 3.55. The maximum Gasteiger partial charge on any atom is 0.416 e. The van der Waals surface area contributed by atoms with Gasteiger partial charge in [-0.1, -0.05) is 42.0 Å². The zero-order valence-electron chi connectivity index (χ0n) is 15.4. The van der Waals surface area contributed by atoms with Crippen LogP contribution in [0.5, 0.6) is 0 Å². The Hall–Kier alpha value is -2.67. The van der Waals surface area contributed by atoms with E-state index in [4.69, 9.17) is 0 Å².